The van der Waals surface area contributed by atoms with Crippen molar-refractivity contribution < 1.29 is 4.79 Å². The molecule has 1 fully saturated rings. The van der Waals surface area contributed by atoms with Crippen molar-refractivity contribution in [3.05, 3.63) is 70.5 Å². The zero-order valence-electron chi connectivity index (χ0n) is 15.3. The summed E-state index contributed by atoms with van der Waals surface area (Å²) in [7, 11) is 0. The number of hydrogen-bond donors (Lipinski definition) is 3. The van der Waals surface area contributed by atoms with E-state index >= 15 is 0 Å². The van der Waals surface area contributed by atoms with Crippen LogP contribution in [0.5, 0.6) is 0 Å². The summed E-state index contributed by atoms with van der Waals surface area (Å²) in [5.74, 6) is 2.61. The summed E-state index contributed by atoms with van der Waals surface area (Å²) in [5.41, 5.74) is 3.52. The normalized spacial score (nSPS) is 13.9. The first kappa shape index (κ1) is 18.5. The zero-order valence-corrected chi connectivity index (χ0v) is 16.1. The molecule has 142 valence electrons. The van der Waals surface area contributed by atoms with E-state index in [-0.39, 0.29) is 5.56 Å². The number of nitrogens with one attached hydrogen (secondary N) is 3. The SMILES string of the molecule is C1CSCCN1.O=Cc1ccc2[nH]c(-c3cc4ccccc4[nH]c3=O)cc2c1. The largest absolute Gasteiger partial charge is 0.354 e. The van der Waals surface area contributed by atoms with Gasteiger partial charge in [0.05, 0.1) is 11.3 Å². The Morgan fingerprint density at radius 1 is 0.857 bits per heavy atom. The number of carbonyl (C=O) groups excluding carboxylic acids is 1. The van der Waals surface area contributed by atoms with E-state index in [1.165, 1.54) is 24.6 Å². The number of aldehydes is 1. The summed E-state index contributed by atoms with van der Waals surface area (Å²) in [6.07, 6.45) is 0.814. The molecule has 3 heterocycles. The third kappa shape index (κ3) is 4.03. The Kier molecular flexibility index (Phi) is 5.60. The third-order valence-corrected chi connectivity index (χ3v) is 5.66. The Morgan fingerprint density at radius 3 is 2.36 bits per heavy atom. The van der Waals surface area contributed by atoms with Crippen LogP contribution in [-0.2, 0) is 0 Å². The molecule has 0 bridgehead atoms. The predicted octanol–water partition coefficient (Wildman–Crippen LogP) is 3.81. The van der Waals surface area contributed by atoms with E-state index in [0.717, 1.165) is 33.8 Å². The highest BCUT2D eigenvalue weighted by atomic mass is 32.2. The minimum Gasteiger partial charge on any atom is -0.354 e. The third-order valence-electron chi connectivity index (χ3n) is 4.67. The van der Waals surface area contributed by atoms with E-state index in [1.807, 2.05) is 54.2 Å². The Balaban J connectivity index is 0.000000275. The number of H-pyrrole nitrogens is 2. The van der Waals surface area contributed by atoms with Gasteiger partial charge in [0.25, 0.3) is 5.56 Å². The Morgan fingerprint density at radius 2 is 1.64 bits per heavy atom. The summed E-state index contributed by atoms with van der Waals surface area (Å²) >= 11 is 2.03. The van der Waals surface area contributed by atoms with Gasteiger partial charge in [0.1, 0.15) is 6.29 Å². The number of rotatable bonds is 2. The topological polar surface area (TPSA) is 77.8 Å². The molecule has 1 saturated heterocycles. The zero-order chi connectivity index (χ0) is 19.3. The molecular formula is C22H21N3O2S. The summed E-state index contributed by atoms with van der Waals surface area (Å²) < 4.78 is 0. The quantitative estimate of drug-likeness (QED) is 0.454. The minimum absolute atomic E-state index is 0.138. The number of thioether (sulfide) groups is 1. The molecule has 1 aliphatic rings. The lowest BCUT2D eigenvalue weighted by atomic mass is 10.1. The van der Waals surface area contributed by atoms with Crippen molar-refractivity contribution >= 4 is 39.9 Å². The van der Waals surface area contributed by atoms with Gasteiger partial charge in [-0.05, 0) is 41.8 Å². The van der Waals surface area contributed by atoms with Gasteiger partial charge in [-0.2, -0.15) is 11.8 Å². The highest BCUT2D eigenvalue weighted by Gasteiger charge is 2.09. The van der Waals surface area contributed by atoms with Crippen LogP contribution in [0.25, 0.3) is 33.1 Å². The summed E-state index contributed by atoms with van der Waals surface area (Å²) in [6.45, 7) is 2.43. The summed E-state index contributed by atoms with van der Waals surface area (Å²) in [4.78, 5) is 29.3. The Labute approximate surface area is 166 Å². The van der Waals surface area contributed by atoms with Crippen LogP contribution in [0.2, 0.25) is 0 Å². The monoisotopic (exact) mass is 391 g/mol. The lowest BCUT2D eigenvalue weighted by Gasteiger charge is -2.08. The van der Waals surface area contributed by atoms with Gasteiger partial charge in [0, 0.05) is 46.6 Å². The second-order valence-electron chi connectivity index (χ2n) is 6.61. The maximum Gasteiger partial charge on any atom is 0.257 e. The Bertz CT molecular complexity index is 1160. The lowest BCUT2D eigenvalue weighted by Crippen LogP contribution is -2.24. The molecule has 4 aromatic rings. The van der Waals surface area contributed by atoms with Crippen LogP contribution in [0.3, 0.4) is 0 Å². The minimum atomic E-state index is -0.138. The van der Waals surface area contributed by atoms with Gasteiger partial charge < -0.3 is 15.3 Å². The maximum absolute atomic E-state index is 12.3. The van der Waals surface area contributed by atoms with Crippen LogP contribution in [-0.4, -0.2) is 40.8 Å². The van der Waals surface area contributed by atoms with E-state index in [9.17, 15) is 9.59 Å². The highest BCUT2D eigenvalue weighted by Crippen LogP contribution is 2.24. The number of hydrogen-bond acceptors (Lipinski definition) is 4. The van der Waals surface area contributed by atoms with Crippen molar-refractivity contribution in [3.63, 3.8) is 0 Å². The predicted molar refractivity (Wildman–Crippen MR) is 117 cm³/mol. The number of aromatic amines is 2. The highest BCUT2D eigenvalue weighted by molar-refractivity contribution is 7.99. The molecule has 0 aliphatic carbocycles. The van der Waals surface area contributed by atoms with Crippen LogP contribution in [0.4, 0.5) is 0 Å². The molecule has 0 amide bonds. The number of benzene rings is 2. The molecule has 0 saturated carbocycles. The van der Waals surface area contributed by atoms with Gasteiger partial charge in [-0.25, -0.2) is 0 Å². The van der Waals surface area contributed by atoms with E-state index in [4.69, 9.17) is 0 Å². The molecule has 28 heavy (non-hydrogen) atoms. The maximum atomic E-state index is 12.3. The average Bonchev–Trinajstić information content (AvgIpc) is 3.18. The van der Waals surface area contributed by atoms with Crippen molar-refractivity contribution in [3.8, 4) is 11.3 Å². The van der Waals surface area contributed by atoms with Crippen LogP contribution >= 0.6 is 11.8 Å². The van der Waals surface area contributed by atoms with Gasteiger partial charge in [-0.1, -0.05) is 18.2 Å². The second-order valence-corrected chi connectivity index (χ2v) is 7.83. The van der Waals surface area contributed by atoms with E-state index in [2.05, 4.69) is 15.3 Å². The molecule has 6 heteroatoms. The number of para-hydroxylation sites is 1. The molecule has 5 nitrogen and oxygen atoms in total. The van der Waals surface area contributed by atoms with Gasteiger partial charge >= 0.3 is 0 Å². The van der Waals surface area contributed by atoms with Crippen LogP contribution in [0, 0.1) is 0 Å². The lowest BCUT2D eigenvalue weighted by molar-refractivity contribution is 0.112. The fourth-order valence-electron chi connectivity index (χ4n) is 3.23. The van der Waals surface area contributed by atoms with Gasteiger partial charge in [0.2, 0.25) is 0 Å². The van der Waals surface area contributed by atoms with Gasteiger partial charge in [-0.15, -0.1) is 0 Å². The van der Waals surface area contributed by atoms with E-state index in [1.54, 1.807) is 12.1 Å². The molecular weight excluding hydrogens is 370 g/mol. The fourth-order valence-corrected chi connectivity index (χ4v) is 4.01. The summed E-state index contributed by atoms with van der Waals surface area (Å²) in [6, 6.07) is 16.8. The van der Waals surface area contributed by atoms with Crippen molar-refractivity contribution in [2.45, 2.75) is 0 Å². The van der Waals surface area contributed by atoms with Crippen LogP contribution in [0.15, 0.2) is 59.4 Å². The standard InChI is InChI=1S/C18H12N2O2.C4H9NS/c21-10-11-5-6-16-13(7-11)9-17(19-16)14-8-12-3-1-2-4-15(12)20-18(14)22;1-3-6-4-2-5-1/h1-10,19H,(H,20,22);5H,1-4H2. The Hall–Kier alpha value is -2.83. The van der Waals surface area contributed by atoms with Crippen molar-refractivity contribution in [2.75, 3.05) is 24.6 Å². The first-order valence-electron chi connectivity index (χ1n) is 9.23. The molecule has 0 spiro atoms. The van der Waals surface area contributed by atoms with E-state index in [0.29, 0.717) is 11.1 Å². The molecule has 0 radical (unpaired) electrons. The van der Waals surface area contributed by atoms with Crippen molar-refractivity contribution in [2.24, 2.45) is 0 Å². The second kappa shape index (κ2) is 8.46. The molecule has 1 aliphatic heterocycles. The fraction of sp³-hybridized carbons (Fsp3) is 0.182. The molecule has 2 aromatic carbocycles. The number of carbonyl (C=O) groups is 1. The molecule has 5 rings (SSSR count). The first-order valence-corrected chi connectivity index (χ1v) is 10.4. The van der Waals surface area contributed by atoms with Crippen LogP contribution < -0.4 is 10.9 Å². The van der Waals surface area contributed by atoms with E-state index < -0.39 is 0 Å². The average molecular weight is 391 g/mol. The molecule has 0 unspecified atom stereocenters. The number of pyridine rings is 1. The first-order chi connectivity index (χ1) is 13.7. The molecule has 0 atom stereocenters. The number of fused-ring (bicyclic) bond motifs is 2. The number of aromatic nitrogens is 2. The smallest absolute Gasteiger partial charge is 0.257 e. The molecule has 2 aromatic heterocycles. The van der Waals surface area contributed by atoms with Crippen molar-refractivity contribution in [1.82, 2.24) is 15.3 Å². The van der Waals surface area contributed by atoms with Crippen LogP contribution in [0.1, 0.15) is 10.4 Å². The van der Waals surface area contributed by atoms with Crippen molar-refractivity contribution in [1.29, 1.82) is 0 Å². The van der Waals surface area contributed by atoms with Gasteiger partial charge in [0.15, 0.2) is 0 Å². The molecule has 3 N–H and O–H groups in total. The summed E-state index contributed by atoms with van der Waals surface area (Å²) in [5, 5.41) is 5.15. The van der Waals surface area contributed by atoms with Gasteiger partial charge in [-0.3, -0.25) is 9.59 Å².